The highest BCUT2D eigenvalue weighted by Gasteiger charge is 2.60. The van der Waals surface area contributed by atoms with Crippen molar-refractivity contribution in [2.75, 3.05) is 20.6 Å². The van der Waals surface area contributed by atoms with Crippen LogP contribution in [0.1, 0.15) is 44.1 Å². The van der Waals surface area contributed by atoms with E-state index in [2.05, 4.69) is 49.3 Å². The summed E-state index contributed by atoms with van der Waals surface area (Å²) in [5.74, 6) is 1.66. The van der Waals surface area contributed by atoms with Gasteiger partial charge in [0.2, 0.25) is 0 Å². The lowest BCUT2D eigenvalue weighted by Crippen LogP contribution is -2.59. The maximum absolute atomic E-state index is 11.0. The number of aliphatic hydroxyl groups excluding tert-OH is 1. The van der Waals surface area contributed by atoms with E-state index in [1.54, 1.807) is 0 Å². The van der Waals surface area contributed by atoms with E-state index in [-0.39, 0.29) is 23.9 Å². The van der Waals surface area contributed by atoms with Crippen LogP contribution >= 0.6 is 12.4 Å². The molecule has 4 bridgehead atoms. The van der Waals surface area contributed by atoms with E-state index >= 15 is 0 Å². The second kappa shape index (κ2) is 6.06. The summed E-state index contributed by atoms with van der Waals surface area (Å²) >= 11 is 0. The number of hydrogen-bond donors (Lipinski definition) is 1. The number of halogens is 1. The van der Waals surface area contributed by atoms with Gasteiger partial charge in [-0.1, -0.05) is 30.3 Å². The van der Waals surface area contributed by atoms with Crippen LogP contribution in [0.25, 0.3) is 0 Å². The van der Waals surface area contributed by atoms with E-state index < -0.39 is 0 Å². The third-order valence-corrected chi connectivity index (χ3v) is 6.74. The van der Waals surface area contributed by atoms with E-state index in [0.29, 0.717) is 5.41 Å². The Morgan fingerprint density at radius 1 is 1.09 bits per heavy atom. The van der Waals surface area contributed by atoms with E-state index in [1.165, 1.54) is 44.1 Å². The highest BCUT2D eigenvalue weighted by Crippen LogP contribution is 2.66. The van der Waals surface area contributed by atoms with Crippen LogP contribution in [0.3, 0.4) is 0 Å². The molecular formula is C20H30ClNO. The summed E-state index contributed by atoms with van der Waals surface area (Å²) in [7, 11) is 4.16. The minimum Gasteiger partial charge on any atom is -0.391 e. The Morgan fingerprint density at radius 3 is 2.26 bits per heavy atom. The summed E-state index contributed by atoms with van der Waals surface area (Å²) in [6.07, 6.45) is 7.65. The van der Waals surface area contributed by atoms with Crippen molar-refractivity contribution < 1.29 is 5.11 Å². The molecule has 2 nitrogen and oxygen atoms in total. The summed E-state index contributed by atoms with van der Waals surface area (Å²) in [5.41, 5.74) is 2.05. The summed E-state index contributed by atoms with van der Waals surface area (Å²) in [6, 6.07) is 11.2. The van der Waals surface area contributed by atoms with Gasteiger partial charge in [-0.25, -0.2) is 0 Å². The topological polar surface area (TPSA) is 23.5 Å². The first-order chi connectivity index (χ1) is 10.5. The zero-order valence-corrected chi connectivity index (χ0v) is 15.2. The van der Waals surface area contributed by atoms with Gasteiger partial charge in [0.05, 0.1) is 6.10 Å². The monoisotopic (exact) mass is 335 g/mol. The Hall–Kier alpha value is -0.570. The van der Waals surface area contributed by atoms with Crippen molar-refractivity contribution in [2.45, 2.75) is 50.0 Å². The van der Waals surface area contributed by atoms with Crippen LogP contribution in [0.5, 0.6) is 0 Å². The molecule has 1 aromatic carbocycles. The standard InChI is InChI=1S/C20H29NO.ClH/c1-21(2)13-18(22)20-11-15-8-16(12-20)10-19(9-15,14-20)17-6-4-3-5-7-17;/h3-7,15-16,18,22H,8-14H2,1-2H3;1H. The molecule has 0 radical (unpaired) electrons. The van der Waals surface area contributed by atoms with Crippen LogP contribution < -0.4 is 0 Å². The van der Waals surface area contributed by atoms with Gasteiger partial charge in [-0.2, -0.15) is 0 Å². The number of likely N-dealkylation sites (N-methyl/N-ethyl adjacent to an activating group) is 1. The molecule has 4 aliphatic rings. The largest absolute Gasteiger partial charge is 0.391 e. The van der Waals surface area contributed by atoms with Gasteiger partial charge in [-0.15, -0.1) is 12.4 Å². The SMILES string of the molecule is CN(C)CC(O)C12CC3CC(CC(c4ccccc4)(C3)C1)C2.Cl. The first-order valence-corrected chi connectivity index (χ1v) is 8.90. The van der Waals surface area contributed by atoms with Crippen molar-refractivity contribution in [1.29, 1.82) is 0 Å². The molecule has 4 aliphatic carbocycles. The minimum absolute atomic E-state index is 0. The average molecular weight is 336 g/mol. The molecule has 128 valence electrons. The second-order valence-electron chi connectivity index (χ2n) is 8.75. The lowest BCUT2D eigenvalue weighted by molar-refractivity contribution is -0.136. The molecule has 0 saturated heterocycles. The zero-order valence-electron chi connectivity index (χ0n) is 14.4. The van der Waals surface area contributed by atoms with E-state index in [9.17, 15) is 5.11 Å². The predicted octanol–water partition coefficient (Wildman–Crippen LogP) is 3.87. The molecule has 3 heteroatoms. The Kier molecular flexibility index (Phi) is 4.54. The quantitative estimate of drug-likeness (QED) is 0.903. The molecule has 0 aliphatic heterocycles. The van der Waals surface area contributed by atoms with Crippen LogP contribution in [-0.2, 0) is 5.41 Å². The maximum Gasteiger partial charge on any atom is 0.0723 e. The average Bonchev–Trinajstić information content (AvgIpc) is 2.46. The molecule has 1 aromatic rings. The Morgan fingerprint density at radius 2 is 1.70 bits per heavy atom. The third-order valence-electron chi connectivity index (χ3n) is 6.74. The second-order valence-corrected chi connectivity index (χ2v) is 8.75. The van der Waals surface area contributed by atoms with Crippen molar-refractivity contribution in [1.82, 2.24) is 4.90 Å². The summed E-state index contributed by atoms with van der Waals surface area (Å²) in [4.78, 5) is 2.15. The van der Waals surface area contributed by atoms with Gasteiger partial charge in [0.25, 0.3) is 0 Å². The van der Waals surface area contributed by atoms with Crippen LogP contribution in [0.15, 0.2) is 30.3 Å². The van der Waals surface area contributed by atoms with Gasteiger partial charge in [0.1, 0.15) is 0 Å². The van der Waals surface area contributed by atoms with Gasteiger partial charge in [0.15, 0.2) is 0 Å². The molecule has 0 spiro atoms. The van der Waals surface area contributed by atoms with Crippen LogP contribution in [0.2, 0.25) is 0 Å². The lowest BCUT2D eigenvalue weighted by Gasteiger charge is -2.64. The van der Waals surface area contributed by atoms with E-state index in [1.807, 2.05) is 0 Å². The summed E-state index contributed by atoms with van der Waals surface area (Å²) < 4.78 is 0. The molecule has 0 amide bonds. The van der Waals surface area contributed by atoms with Gasteiger partial charge in [-0.05, 0) is 80.8 Å². The Labute approximate surface area is 146 Å². The molecule has 0 heterocycles. The maximum atomic E-state index is 11.0. The fourth-order valence-corrected chi connectivity index (χ4v) is 6.39. The first kappa shape index (κ1) is 17.3. The smallest absolute Gasteiger partial charge is 0.0723 e. The number of rotatable bonds is 4. The third kappa shape index (κ3) is 2.83. The van der Waals surface area contributed by atoms with Crippen molar-refractivity contribution >= 4 is 12.4 Å². The Bertz CT molecular complexity index is 530. The van der Waals surface area contributed by atoms with E-state index in [4.69, 9.17) is 0 Å². The van der Waals surface area contributed by atoms with Crippen LogP contribution in [0.4, 0.5) is 0 Å². The number of aliphatic hydroxyl groups is 1. The molecule has 23 heavy (non-hydrogen) atoms. The van der Waals surface area contributed by atoms with Crippen molar-refractivity contribution in [3.05, 3.63) is 35.9 Å². The predicted molar refractivity (Wildman–Crippen MR) is 97.0 cm³/mol. The van der Waals surface area contributed by atoms with Crippen molar-refractivity contribution in [3.63, 3.8) is 0 Å². The van der Waals surface area contributed by atoms with E-state index in [0.717, 1.165) is 18.4 Å². The fraction of sp³-hybridized carbons (Fsp3) is 0.700. The van der Waals surface area contributed by atoms with Gasteiger partial charge >= 0.3 is 0 Å². The number of nitrogens with zero attached hydrogens (tertiary/aromatic N) is 1. The number of benzene rings is 1. The van der Waals surface area contributed by atoms with Crippen LogP contribution in [-0.4, -0.2) is 36.8 Å². The lowest BCUT2D eigenvalue weighted by atomic mass is 9.42. The fourth-order valence-electron chi connectivity index (χ4n) is 6.39. The summed E-state index contributed by atoms with van der Waals surface area (Å²) in [6.45, 7) is 0.810. The number of hydrogen-bond acceptors (Lipinski definition) is 2. The molecule has 4 fully saturated rings. The minimum atomic E-state index is -0.170. The highest BCUT2D eigenvalue weighted by atomic mass is 35.5. The van der Waals surface area contributed by atoms with Crippen LogP contribution in [0, 0.1) is 17.3 Å². The van der Waals surface area contributed by atoms with Gasteiger partial charge in [-0.3, -0.25) is 0 Å². The zero-order chi connectivity index (χ0) is 15.4. The molecule has 3 unspecified atom stereocenters. The molecule has 1 N–H and O–H groups in total. The normalized spacial score (nSPS) is 39.3. The molecule has 0 aromatic heterocycles. The first-order valence-electron chi connectivity index (χ1n) is 8.90. The highest BCUT2D eigenvalue weighted by molar-refractivity contribution is 5.85. The molecule has 4 saturated carbocycles. The molecule has 5 rings (SSSR count). The van der Waals surface area contributed by atoms with Crippen molar-refractivity contribution in [3.8, 4) is 0 Å². The van der Waals surface area contributed by atoms with Crippen molar-refractivity contribution in [2.24, 2.45) is 17.3 Å². The Balaban J connectivity index is 0.00000156. The molecular weight excluding hydrogens is 306 g/mol. The molecule has 3 atom stereocenters. The van der Waals surface area contributed by atoms with Gasteiger partial charge < -0.3 is 10.0 Å². The summed E-state index contributed by atoms with van der Waals surface area (Å²) in [5, 5.41) is 11.0. The van der Waals surface area contributed by atoms with Gasteiger partial charge in [0, 0.05) is 6.54 Å².